The second-order valence-electron chi connectivity index (χ2n) is 5.22. The molecule has 0 amide bonds. The summed E-state index contributed by atoms with van der Waals surface area (Å²) in [5, 5.41) is 8.59. The fourth-order valence-electron chi connectivity index (χ4n) is 2.79. The summed E-state index contributed by atoms with van der Waals surface area (Å²) in [5.41, 5.74) is 5.94. The number of aromatic nitrogens is 3. The van der Waals surface area contributed by atoms with Crippen molar-refractivity contribution in [2.75, 3.05) is 13.2 Å². The smallest absolute Gasteiger partial charge is 0.134 e. The van der Waals surface area contributed by atoms with E-state index in [2.05, 4.69) is 14.8 Å². The van der Waals surface area contributed by atoms with Crippen LogP contribution in [0.4, 0.5) is 0 Å². The maximum Gasteiger partial charge on any atom is 0.134 e. The van der Waals surface area contributed by atoms with E-state index in [9.17, 15) is 0 Å². The lowest BCUT2D eigenvalue weighted by Gasteiger charge is -2.24. The first kappa shape index (κ1) is 11.2. The highest BCUT2D eigenvalue weighted by Gasteiger charge is 2.23. The quantitative estimate of drug-likeness (QED) is 0.813. The molecule has 0 spiro atoms. The second kappa shape index (κ2) is 4.74. The molecule has 0 aromatic carbocycles. The first-order valence-corrected chi connectivity index (χ1v) is 6.57. The van der Waals surface area contributed by atoms with Crippen LogP contribution in [-0.2, 0) is 24.1 Å². The molecule has 5 heteroatoms. The first-order chi connectivity index (χ1) is 8.33. The van der Waals surface area contributed by atoms with Crippen LogP contribution in [0.5, 0.6) is 0 Å². The fraction of sp³-hybridized carbons (Fsp3) is 0.833. The number of hydrogen-bond acceptors (Lipinski definition) is 4. The lowest BCUT2D eigenvalue weighted by atomic mass is 9.98. The van der Waals surface area contributed by atoms with E-state index >= 15 is 0 Å². The van der Waals surface area contributed by atoms with Crippen molar-refractivity contribution in [3.05, 3.63) is 11.6 Å². The molecule has 5 nitrogen and oxygen atoms in total. The maximum absolute atomic E-state index is 5.94. The molecule has 1 aromatic heterocycles. The highest BCUT2D eigenvalue weighted by molar-refractivity contribution is 5.02. The van der Waals surface area contributed by atoms with Gasteiger partial charge in [-0.25, -0.2) is 0 Å². The van der Waals surface area contributed by atoms with Gasteiger partial charge in [0.15, 0.2) is 0 Å². The predicted molar refractivity (Wildman–Crippen MR) is 63.6 cm³/mol. The Balaban J connectivity index is 1.71. The van der Waals surface area contributed by atoms with Crippen LogP contribution in [0.25, 0.3) is 0 Å². The Morgan fingerprint density at radius 3 is 3.12 bits per heavy atom. The summed E-state index contributed by atoms with van der Waals surface area (Å²) < 4.78 is 7.78. The molecule has 1 saturated heterocycles. The second-order valence-corrected chi connectivity index (χ2v) is 5.22. The monoisotopic (exact) mass is 236 g/mol. The Labute approximate surface area is 101 Å². The molecular formula is C12H20N4O. The van der Waals surface area contributed by atoms with E-state index < -0.39 is 0 Å². The van der Waals surface area contributed by atoms with Gasteiger partial charge in [0.05, 0.1) is 0 Å². The largest absolute Gasteiger partial charge is 0.381 e. The zero-order chi connectivity index (χ0) is 11.7. The molecule has 1 aromatic rings. The molecule has 0 aliphatic carbocycles. The molecule has 17 heavy (non-hydrogen) atoms. The Hall–Kier alpha value is -0.940. The Morgan fingerprint density at radius 1 is 1.35 bits per heavy atom. The number of hydrogen-bond donors (Lipinski definition) is 1. The Kier molecular flexibility index (Phi) is 3.11. The van der Waals surface area contributed by atoms with Gasteiger partial charge in [-0.15, -0.1) is 10.2 Å². The third-order valence-electron chi connectivity index (χ3n) is 3.80. The van der Waals surface area contributed by atoms with E-state index in [4.69, 9.17) is 10.5 Å². The SMILES string of the molecule is NC1CCn2c(nnc2CC2CCCOC2)C1. The number of nitrogens with two attached hydrogens (primary N) is 1. The first-order valence-electron chi connectivity index (χ1n) is 6.57. The summed E-state index contributed by atoms with van der Waals surface area (Å²) in [6, 6.07) is 0.262. The van der Waals surface area contributed by atoms with Crippen LogP contribution in [0.1, 0.15) is 30.9 Å². The number of rotatable bonds is 2. The van der Waals surface area contributed by atoms with E-state index in [1.54, 1.807) is 0 Å². The lowest BCUT2D eigenvalue weighted by molar-refractivity contribution is 0.0539. The van der Waals surface area contributed by atoms with Crippen LogP contribution >= 0.6 is 0 Å². The van der Waals surface area contributed by atoms with Crippen molar-refractivity contribution in [1.29, 1.82) is 0 Å². The van der Waals surface area contributed by atoms with Gasteiger partial charge in [0.25, 0.3) is 0 Å². The van der Waals surface area contributed by atoms with Crippen LogP contribution < -0.4 is 5.73 Å². The standard InChI is InChI=1S/C12H20N4O/c13-10-3-4-16-11(14-15-12(16)7-10)6-9-2-1-5-17-8-9/h9-10H,1-8,13H2. The third kappa shape index (κ3) is 2.35. The van der Waals surface area contributed by atoms with Crippen molar-refractivity contribution in [2.45, 2.75) is 44.7 Å². The van der Waals surface area contributed by atoms with Crippen molar-refractivity contribution in [2.24, 2.45) is 11.7 Å². The van der Waals surface area contributed by atoms with Gasteiger partial charge in [0.2, 0.25) is 0 Å². The van der Waals surface area contributed by atoms with Gasteiger partial charge < -0.3 is 15.0 Å². The molecular weight excluding hydrogens is 216 g/mol. The molecule has 2 aliphatic heterocycles. The molecule has 2 aliphatic rings. The van der Waals surface area contributed by atoms with Gasteiger partial charge in [-0.3, -0.25) is 0 Å². The Bertz CT molecular complexity index is 384. The number of fused-ring (bicyclic) bond motifs is 1. The number of ether oxygens (including phenoxy) is 1. The van der Waals surface area contributed by atoms with E-state index in [0.29, 0.717) is 5.92 Å². The van der Waals surface area contributed by atoms with Crippen LogP contribution in [0.15, 0.2) is 0 Å². The zero-order valence-corrected chi connectivity index (χ0v) is 10.1. The van der Waals surface area contributed by atoms with Crippen molar-refractivity contribution in [1.82, 2.24) is 14.8 Å². The molecule has 0 bridgehead atoms. The minimum Gasteiger partial charge on any atom is -0.381 e. The molecule has 1 fully saturated rings. The van der Waals surface area contributed by atoms with Gasteiger partial charge in [0, 0.05) is 38.6 Å². The van der Waals surface area contributed by atoms with Gasteiger partial charge in [-0.05, 0) is 25.2 Å². The van der Waals surface area contributed by atoms with Crippen molar-refractivity contribution in [3.63, 3.8) is 0 Å². The predicted octanol–water partition coefficient (Wildman–Crippen LogP) is 0.521. The van der Waals surface area contributed by atoms with E-state index in [1.807, 2.05) is 0 Å². The average Bonchev–Trinajstić information content (AvgIpc) is 2.73. The summed E-state index contributed by atoms with van der Waals surface area (Å²) in [4.78, 5) is 0. The topological polar surface area (TPSA) is 66.0 Å². The van der Waals surface area contributed by atoms with Crippen LogP contribution in [0, 0.1) is 5.92 Å². The van der Waals surface area contributed by atoms with Gasteiger partial charge in [-0.2, -0.15) is 0 Å². The van der Waals surface area contributed by atoms with Crippen molar-refractivity contribution < 1.29 is 4.74 Å². The van der Waals surface area contributed by atoms with E-state index in [-0.39, 0.29) is 6.04 Å². The van der Waals surface area contributed by atoms with Gasteiger partial charge in [-0.1, -0.05) is 0 Å². The minimum atomic E-state index is 0.262. The van der Waals surface area contributed by atoms with E-state index in [1.165, 1.54) is 12.8 Å². The molecule has 2 atom stereocenters. The molecule has 0 saturated carbocycles. The van der Waals surface area contributed by atoms with Crippen molar-refractivity contribution >= 4 is 0 Å². The summed E-state index contributed by atoms with van der Waals surface area (Å²) in [6.07, 6.45) is 5.34. The van der Waals surface area contributed by atoms with Crippen LogP contribution in [0.3, 0.4) is 0 Å². The summed E-state index contributed by atoms with van der Waals surface area (Å²) in [5.74, 6) is 2.81. The van der Waals surface area contributed by atoms with Gasteiger partial charge in [0.1, 0.15) is 11.6 Å². The van der Waals surface area contributed by atoms with Crippen LogP contribution in [0.2, 0.25) is 0 Å². The highest BCUT2D eigenvalue weighted by Crippen LogP contribution is 2.20. The average molecular weight is 236 g/mol. The van der Waals surface area contributed by atoms with Crippen molar-refractivity contribution in [3.8, 4) is 0 Å². The summed E-state index contributed by atoms with van der Waals surface area (Å²) in [7, 11) is 0. The molecule has 2 N–H and O–H groups in total. The molecule has 2 unspecified atom stereocenters. The lowest BCUT2D eigenvalue weighted by Crippen LogP contribution is -2.32. The Morgan fingerprint density at radius 2 is 2.29 bits per heavy atom. The fourth-order valence-corrected chi connectivity index (χ4v) is 2.79. The normalized spacial score (nSPS) is 29.0. The highest BCUT2D eigenvalue weighted by atomic mass is 16.5. The summed E-state index contributed by atoms with van der Waals surface area (Å²) >= 11 is 0. The number of nitrogens with zero attached hydrogens (tertiary/aromatic N) is 3. The third-order valence-corrected chi connectivity index (χ3v) is 3.80. The minimum absolute atomic E-state index is 0.262. The molecule has 0 radical (unpaired) electrons. The van der Waals surface area contributed by atoms with E-state index in [0.717, 1.165) is 50.7 Å². The van der Waals surface area contributed by atoms with Crippen LogP contribution in [-0.4, -0.2) is 34.0 Å². The zero-order valence-electron chi connectivity index (χ0n) is 10.1. The molecule has 3 heterocycles. The van der Waals surface area contributed by atoms with Gasteiger partial charge >= 0.3 is 0 Å². The molecule has 3 rings (SSSR count). The maximum atomic E-state index is 5.94. The summed E-state index contributed by atoms with van der Waals surface area (Å²) in [6.45, 7) is 2.78. The molecule has 94 valence electrons.